The molecule has 0 amide bonds. The second-order valence-electron chi connectivity index (χ2n) is 3.97. The van der Waals surface area contributed by atoms with Gasteiger partial charge >= 0.3 is 0 Å². The van der Waals surface area contributed by atoms with Crippen LogP contribution < -0.4 is 0 Å². The van der Waals surface area contributed by atoms with Gasteiger partial charge in [0.05, 0.1) is 0 Å². The lowest BCUT2D eigenvalue weighted by Gasteiger charge is -2.31. The van der Waals surface area contributed by atoms with Crippen molar-refractivity contribution < 1.29 is 4.21 Å². The Balaban J connectivity index is 4.05. The molecule has 0 bridgehead atoms. The molecule has 0 aromatic heterocycles. The molecule has 0 heterocycles. The molecule has 0 aliphatic rings. The van der Waals surface area contributed by atoms with Gasteiger partial charge in [0.15, 0.2) is 0 Å². The molecule has 1 nitrogen and oxygen atoms in total. The Morgan fingerprint density at radius 2 is 2.00 bits per heavy atom. The van der Waals surface area contributed by atoms with Crippen LogP contribution >= 0.6 is 15.9 Å². The summed E-state index contributed by atoms with van der Waals surface area (Å²) in [4.78, 5) is 0. The van der Waals surface area contributed by atoms with Gasteiger partial charge in [0, 0.05) is 28.1 Å². The summed E-state index contributed by atoms with van der Waals surface area (Å²) in [6.45, 7) is 6.69. The van der Waals surface area contributed by atoms with Gasteiger partial charge in [0.25, 0.3) is 0 Å². The Morgan fingerprint density at radius 1 is 1.50 bits per heavy atom. The maximum absolute atomic E-state index is 10.9. The van der Waals surface area contributed by atoms with Crippen LogP contribution in [0.4, 0.5) is 0 Å². The SMILES string of the molecule is CC(C)C(C)(CBr)CCS(C)=O. The van der Waals surface area contributed by atoms with Gasteiger partial charge in [-0.1, -0.05) is 36.7 Å². The molecule has 2 unspecified atom stereocenters. The van der Waals surface area contributed by atoms with Crippen LogP contribution in [0.15, 0.2) is 0 Å². The van der Waals surface area contributed by atoms with Crippen LogP contribution in [0, 0.1) is 11.3 Å². The van der Waals surface area contributed by atoms with Crippen molar-refractivity contribution in [1.29, 1.82) is 0 Å². The third-order valence-electron chi connectivity index (χ3n) is 2.66. The maximum atomic E-state index is 10.9. The van der Waals surface area contributed by atoms with Gasteiger partial charge in [0.1, 0.15) is 0 Å². The zero-order valence-electron chi connectivity index (χ0n) is 8.39. The highest BCUT2D eigenvalue weighted by molar-refractivity contribution is 9.09. The topological polar surface area (TPSA) is 17.1 Å². The van der Waals surface area contributed by atoms with Gasteiger partial charge in [-0.2, -0.15) is 0 Å². The molecule has 0 aromatic rings. The Labute approximate surface area is 86.9 Å². The van der Waals surface area contributed by atoms with Crippen LogP contribution in [0.1, 0.15) is 27.2 Å². The van der Waals surface area contributed by atoms with Crippen molar-refractivity contribution >= 4 is 26.7 Å². The highest BCUT2D eigenvalue weighted by Gasteiger charge is 2.26. The summed E-state index contributed by atoms with van der Waals surface area (Å²) < 4.78 is 10.9. The van der Waals surface area contributed by atoms with E-state index in [1.54, 1.807) is 6.26 Å². The summed E-state index contributed by atoms with van der Waals surface area (Å²) in [5.41, 5.74) is 0.297. The van der Waals surface area contributed by atoms with Crippen molar-refractivity contribution in [2.24, 2.45) is 11.3 Å². The molecule has 0 rings (SSSR count). The van der Waals surface area contributed by atoms with Crippen LogP contribution in [0.2, 0.25) is 0 Å². The molecule has 0 aliphatic heterocycles. The number of halogens is 1. The summed E-state index contributed by atoms with van der Waals surface area (Å²) in [7, 11) is -0.651. The van der Waals surface area contributed by atoms with Gasteiger partial charge in [0.2, 0.25) is 0 Å². The zero-order chi connectivity index (χ0) is 9.78. The van der Waals surface area contributed by atoms with E-state index in [4.69, 9.17) is 0 Å². The van der Waals surface area contributed by atoms with Crippen LogP contribution in [-0.4, -0.2) is 21.5 Å². The van der Waals surface area contributed by atoms with E-state index in [1.807, 2.05) is 0 Å². The summed E-state index contributed by atoms with van der Waals surface area (Å²) in [6.07, 6.45) is 2.81. The second-order valence-corrected chi connectivity index (χ2v) is 6.09. The monoisotopic (exact) mass is 254 g/mol. The van der Waals surface area contributed by atoms with E-state index in [2.05, 4.69) is 36.7 Å². The van der Waals surface area contributed by atoms with Crippen molar-refractivity contribution in [2.45, 2.75) is 27.2 Å². The quantitative estimate of drug-likeness (QED) is 0.690. The minimum absolute atomic E-state index is 0.297. The maximum Gasteiger partial charge on any atom is 0.0237 e. The molecule has 74 valence electrons. The predicted molar refractivity (Wildman–Crippen MR) is 60.3 cm³/mol. The summed E-state index contributed by atoms with van der Waals surface area (Å²) in [5.74, 6) is 1.46. The average molecular weight is 255 g/mol. The van der Waals surface area contributed by atoms with E-state index in [1.165, 1.54) is 0 Å². The van der Waals surface area contributed by atoms with E-state index in [0.717, 1.165) is 17.5 Å². The Hall–Kier alpha value is 0.630. The largest absolute Gasteiger partial charge is 0.260 e. The van der Waals surface area contributed by atoms with E-state index < -0.39 is 10.8 Å². The van der Waals surface area contributed by atoms with Crippen molar-refractivity contribution in [3.63, 3.8) is 0 Å². The average Bonchev–Trinajstić information content (AvgIpc) is 1.99. The van der Waals surface area contributed by atoms with E-state index >= 15 is 0 Å². The van der Waals surface area contributed by atoms with Crippen LogP contribution in [0.5, 0.6) is 0 Å². The number of alkyl halides is 1. The number of rotatable bonds is 5. The summed E-state index contributed by atoms with van der Waals surface area (Å²) in [6, 6.07) is 0. The van der Waals surface area contributed by atoms with Gasteiger partial charge in [-0.3, -0.25) is 4.21 Å². The number of hydrogen-bond donors (Lipinski definition) is 0. The highest BCUT2D eigenvalue weighted by atomic mass is 79.9. The van der Waals surface area contributed by atoms with Crippen LogP contribution in [-0.2, 0) is 10.8 Å². The first-order valence-electron chi connectivity index (χ1n) is 4.28. The summed E-state index contributed by atoms with van der Waals surface area (Å²) >= 11 is 3.52. The Kier molecular flexibility index (Phi) is 5.66. The van der Waals surface area contributed by atoms with Crippen molar-refractivity contribution in [2.75, 3.05) is 17.3 Å². The van der Waals surface area contributed by atoms with Crippen LogP contribution in [0.3, 0.4) is 0 Å². The van der Waals surface area contributed by atoms with Gasteiger partial charge < -0.3 is 0 Å². The summed E-state index contributed by atoms with van der Waals surface area (Å²) in [5, 5.41) is 0.995. The molecule has 0 saturated carbocycles. The highest BCUT2D eigenvalue weighted by Crippen LogP contribution is 2.32. The molecule has 0 radical (unpaired) electrons. The molecule has 2 atom stereocenters. The molecule has 0 N–H and O–H groups in total. The van der Waals surface area contributed by atoms with E-state index in [-0.39, 0.29) is 0 Å². The third kappa shape index (κ3) is 4.04. The van der Waals surface area contributed by atoms with E-state index in [0.29, 0.717) is 11.3 Å². The first-order chi connectivity index (χ1) is 5.42. The smallest absolute Gasteiger partial charge is 0.0237 e. The van der Waals surface area contributed by atoms with Crippen molar-refractivity contribution in [1.82, 2.24) is 0 Å². The molecule has 0 aromatic carbocycles. The molecule has 12 heavy (non-hydrogen) atoms. The normalized spacial score (nSPS) is 19.2. The standard InChI is InChI=1S/C9H19BrOS/c1-8(2)9(3,7-10)5-6-12(4)11/h8H,5-7H2,1-4H3. The lowest BCUT2D eigenvalue weighted by Crippen LogP contribution is -2.27. The van der Waals surface area contributed by atoms with Gasteiger partial charge in [-0.15, -0.1) is 0 Å². The fraction of sp³-hybridized carbons (Fsp3) is 1.00. The molecule has 3 heteroatoms. The minimum atomic E-state index is -0.651. The Bertz CT molecular complexity index is 159. The van der Waals surface area contributed by atoms with Crippen molar-refractivity contribution in [3.8, 4) is 0 Å². The molecule has 0 saturated heterocycles. The third-order valence-corrected chi connectivity index (χ3v) is 4.72. The molecule has 0 spiro atoms. The zero-order valence-corrected chi connectivity index (χ0v) is 10.8. The second kappa shape index (κ2) is 5.38. The van der Waals surface area contributed by atoms with Gasteiger partial charge in [-0.05, 0) is 17.8 Å². The van der Waals surface area contributed by atoms with E-state index in [9.17, 15) is 4.21 Å². The number of hydrogen-bond acceptors (Lipinski definition) is 1. The molecular formula is C9H19BrOS. The first kappa shape index (κ1) is 12.6. The Morgan fingerprint density at radius 3 is 2.25 bits per heavy atom. The first-order valence-corrected chi connectivity index (χ1v) is 7.13. The molecule has 0 fully saturated rings. The lowest BCUT2D eigenvalue weighted by atomic mass is 9.79. The molecule has 0 aliphatic carbocycles. The van der Waals surface area contributed by atoms with Crippen molar-refractivity contribution in [3.05, 3.63) is 0 Å². The van der Waals surface area contributed by atoms with Gasteiger partial charge in [-0.25, -0.2) is 0 Å². The van der Waals surface area contributed by atoms with Crippen LogP contribution in [0.25, 0.3) is 0 Å². The lowest BCUT2D eigenvalue weighted by molar-refractivity contribution is 0.251. The fourth-order valence-corrected chi connectivity index (χ4v) is 2.57. The predicted octanol–water partition coefficient (Wildman–Crippen LogP) is 2.81. The fourth-order valence-electron chi connectivity index (χ4n) is 0.887. The minimum Gasteiger partial charge on any atom is -0.260 e. The molecular weight excluding hydrogens is 236 g/mol.